The van der Waals surface area contributed by atoms with Gasteiger partial charge in [0.05, 0.1) is 11.4 Å². The zero-order valence-corrected chi connectivity index (χ0v) is 11.6. The van der Waals surface area contributed by atoms with E-state index in [1.54, 1.807) is 29.6 Å². The van der Waals surface area contributed by atoms with E-state index in [-0.39, 0.29) is 18.1 Å². The van der Waals surface area contributed by atoms with Crippen LogP contribution in [0.15, 0.2) is 41.9 Å². The predicted molar refractivity (Wildman–Crippen MR) is 76.5 cm³/mol. The van der Waals surface area contributed by atoms with Crippen molar-refractivity contribution >= 4 is 29.1 Å². The van der Waals surface area contributed by atoms with Gasteiger partial charge in [0.2, 0.25) is 0 Å². The van der Waals surface area contributed by atoms with E-state index in [9.17, 15) is 14.4 Å². The molecule has 0 fully saturated rings. The Hall–Kier alpha value is -2.74. The number of pyridine rings is 1. The average molecular weight is 304 g/mol. The smallest absolute Gasteiger partial charge is 0.288 e. The first kappa shape index (κ1) is 14.7. The van der Waals surface area contributed by atoms with Crippen LogP contribution in [0.3, 0.4) is 0 Å². The molecule has 0 radical (unpaired) electrons. The summed E-state index contributed by atoms with van der Waals surface area (Å²) in [6.07, 6.45) is 1.47. The molecule has 0 aromatic carbocycles. The van der Waals surface area contributed by atoms with E-state index < -0.39 is 11.8 Å². The lowest BCUT2D eigenvalue weighted by molar-refractivity contribution is -0.120. The van der Waals surface area contributed by atoms with Crippen molar-refractivity contribution in [3.05, 3.63) is 52.5 Å². The number of hydrogen-bond donors (Lipinski definition) is 3. The van der Waals surface area contributed by atoms with Crippen molar-refractivity contribution in [2.45, 2.75) is 0 Å². The van der Waals surface area contributed by atoms with Gasteiger partial charge >= 0.3 is 0 Å². The Morgan fingerprint density at radius 1 is 1.05 bits per heavy atom. The summed E-state index contributed by atoms with van der Waals surface area (Å²) in [5.41, 5.74) is 4.58. The Labute approximate surface area is 124 Å². The van der Waals surface area contributed by atoms with Gasteiger partial charge in [0.15, 0.2) is 0 Å². The van der Waals surface area contributed by atoms with Gasteiger partial charge < -0.3 is 5.32 Å². The van der Waals surface area contributed by atoms with Gasteiger partial charge in [-0.05, 0) is 23.6 Å². The summed E-state index contributed by atoms with van der Waals surface area (Å²) in [6, 6.07) is 8.24. The van der Waals surface area contributed by atoms with Crippen molar-refractivity contribution in [1.82, 2.24) is 21.2 Å². The molecule has 0 unspecified atom stereocenters. The summed E-state index contributed by atoms with van der Waals surface area (Å²) in [5, 5.41) is 4.21. The van der Waals surface area contributed by atoms with Crippen molar-refractivity contribution in [1.29, 1.82) is 0 Å². The molecule has 3 N–H and O–H groups in total. The monoisotopic (exact) mass is 304 g/mol. The number of amides is 3. The van der Waals surface area contributed by atoms with Crippen molar-refractivity contribution in [3.8, 4) is 0 Å². The zero-order chi connectivity index (χ0) is 15.1. The van der Waals surface area contributed by atoms with E-state index in [2.05, 4.69) is 21.2 Å². The molecule has 0 aliphatic rings. The topological polar surface area (TPSA) is 100 Å². The number of aromatic nitrogens is 1. The number of carbonyl (C=O) groups excluding carboxylic acids is 3. The minimum atomic E-state index is -0.538. The molecule has 0 aliphatic carbocycles. The summed E-state index contributed by atoms with van der Waals surface area (Å²) in [7, 11) is 0. The fraction of sp³-hybridized carbons (Fsp3) is 0.0769. The maximum Gasteiger partial charge on any atom is 0.288 e. The molecule has 2 heterocycles. The zero-order valence-electron chi connectivity index (χ0n) is 10.8. The maximum atomic E-state index is 11.6. The molecule has 108 valence electrons. The third-order valence-electron chi connectivity index (χ3n) is 2.37. The van der Waals surface area contributed by atoms with Crippen molar-refractivity contribution in [2.75, 3.05) is 6.54 Å². The molecule has 21 heavy (non-hydrogen) atoms. The first-order chi connectivity index (χ1) is 10.2. The Kier molecular flexibility index (Phi) is 4.99. The highest BCUT2D eigenvalue weighted by atomic mass is 32.1. The number of hydrogen-bond acceptors (Lipinski definition) is 5. The molecule has 2 rings (SSSR count). The molecule has 3 amide bonds. The summed E-state index contributed by atoms with van der Waals surface area (Å²) in [5.74, 6) is -1.41. The van der Waals surface area contributed by atoms with Crippen LogP contribution in [-0.4, -0.2) is 29.3 Å². The molecule has 8 heteroatoms. The summed E-state index contributed by atoms with van der Waals surface area (Å²) in [6.45, 7) is -0.237. The van der Waals surface area contributed by atoms with Gasteiger partial charge in [0.1, 0.15) is 5.69 Å². The molecule has 7 nitrogen and oxygen atoms in total. The van der Waals surface area contributed by atoms with Crippen LogP contribution >= 0.6 is 11.3 Å². The van der Waals surface area contributed by atoms with Crippen molar-refractivity contribution < 1.29 is 14.4 Å². The van der Waals surface area contributed by atoms with Gasteiger partial charge in [-0.2, -0.15) is 0 Å². The van der Waals surface area contributed by atoms with Crippen molar-refractivity contribution in [2.24, 2.45) is 0 Å². The fourth-order valence-corrected chi connectivity index (χ4v) is 2.03. The Balaban J connectivity index is 1.73. The number of hydrazine groups is 1. The Bertz CT molecular complexity index is 628. The van der Waals surface area contributed by atoms with E-state index in [4.69, 9.17) is 0 Å². The van der Waals surface area contributed by atoms with Crippen LogP contribution in [0.2, 0.25) is 0 Å². The van der Waals surface area contributed by atoms with E-state index in [1.807, 2.05) is 0 Å². The molecule has 0 atom stereocenters. The summed E-state index contributed by atoms with van der Waals surface area (Å²) in [4.78, 5) is 39.0. The van der Waals surface area contributed by atoms with E-state index in [0.29, 0.717) is 4.88 Å². The van der Waals surface area contributed by atoms with Crippen LogP contribution in [0.4, 0.5) is 0 Å². The van der Waals surface area contributed by atoms with Crippen LogP contribution in [0.25, 0.3) is 0 Å². The molecular weight excluding hydrogens is 292 g/mol. The third-order valence-corrected chi connectivity index (χ3v) is 3.24. The van der Waals surface area contributed by atoms with Gasteiger partial charge in [0.25, 0.3) is 17.7 Å². The molecule has 2 aromatic heterocycles. The molecule has 0 saturated heterocycles. The second-order valence-corrected chi connectivity index (χ2v) is 4.82. The van der Waals surface area contributed by atoms with Crippen LogP contribution in [0.5, 0.6) is 0 Å². The van der Waals surface area contributed by atoms with Gasteiger partial charge in [-0.3, -0.25) is 30.2 Å². The normalized spacial score (nSPS) is 9.71. The van der Waals surface area contributed by atoms with E-state index >= 15 is 0 Å². The standard InChI is InChI=1S/C13H12N4O3S/c18-11(8-15-13(20)10-5-3-7-21-10)16-17-12(19)9-4-1-2-6-14-9/h1-7H,8H2,(H,15,20)(H,16,18)(H,17,19). The Morgan fingerprint density at radius 2 is 1.90 bits per heavy atom. The van der Waals surface area contributed by atoms with Crippen LogP contribution < -0.4 is 16.2 Å². The second-order valence-electron chi connectivity index (χ2n) is 3.88. The summed E-state index contributed by atoms with van der Waals surface area (Å²) >= 11 is 1.28. The average Bonchev–Trinajstić information content (AvgIpc) is 3.05. The first-order valence-corrected chi connectivity index (χ1v) is 6.86. The van der Waals surface area contributed by atoms with Crippen molar-refractivity contribution in [3.63, 3.8) is 0 Å². The van der Waals surface area contributed by atoms with Gasteiger partial charge in [0, 0.05) is 6.20 Å². The molecule has 2 aromatic rings. The summed E-state index contributed by atoms with van der Waals surface area (Å²) < 4.78 is 0. The SMILES string of the molecule is O=C(CNC(=O)c1cccs1)NNC(=O)c1ccccn1. The minimum Gasteiger partial charge on any atom is -0.342 e. The molecule has 0 saturated carbocycles. The molecule has 0 bridgehead atoms. The molecule has 0 aliphatic heterocycles. The largest absolute Gasteiger partial charge is 0.342 e. The second kappa shape index (κ2) is 7.15. The van der Waals surface area contributed by atoms with Gasteiger partial charge in [-0.15, -0.1) is 11.3 Å². The predicted octanol–water partition coefficient (Wildman–Crippen LogP) is 0.334. The first-order valence-electron chi connectivity index (χ1n) is 5.99. The number of nitrogens with zero attached hydrogens (tertiary/aromatic N) is 1. The highest BCUT2D eigenvalue weighted by Gasteiger charge is 2.10. The highest BCUT2D eigenvalue weighted by Crippen LogP contribution is 2.07. The van der Waals surface area contributed by atoms with Gasteiger partial charge in [-0.1, -0.05) is 12.1 Å². The molecular formula is C13H12N4O3S. The lowest BCUT2D eigenvalue weighted by Crippen LogP contribution is -2.46. The lowest BCUT2D eigenvalue weighted by atomic mass is 10.3. The number of rotatable bonds is 4. The van der Waals surface area contributed by atoms with E-state index in [1.165, 1.54) is 23.6 Å². The van der Waals surface area contributed by atoms with E-state index in [0.717, 1.165) is 0 Å². The fourth-order valence-electron chi connectivity index (χ4n) is 1.39. The molecule has 0 spiro atoms. The maximum absolute atomic E-state index is 11.6. The lowest BCUT2D eigenvalue weighted by Gasteiger charge is -2.07. The van der Waals surface area contributed by atoms with Gasteiger partial charge in [-0.25, -0.2) is 0 Å². The Morgan fingerprint density at radius 3 is 2.57 bits per heavy atom. The number of thiophene rings is 1. The highest BCUT2D eigenvalue weighted by molar-refractivity contribution is 7.12. The quantitative estimate of drug-likeness (QED) is 0.709. The van der Waals surface area contributed by atoms with Crippen LogP contribution in [-0.2, 0) is 4.79 Å². The third kappa shape index (κ3) is 4.39. The minimum absolute atomic E-state index is 0.181. The van der Waals surface area contributed by atoms with Crippen LogP contribution in [0.1, 0.15) is 20.2 Å². The van der Waals surface area contributed by atoms with Crippen LogP contribution in [0, 0.1) is 0 Å². The number of carbonyl (C=O) groups is 3. The number of nitrogens with one attached hydrogen (secondary N) is 3.